The van der Waals surface area contributed by atoms with Gasteiger partial charge in [-0.1, -0.05) is 74.0 Å². The van der Waals surface area contributed by atoms with Gasteiger partial charge in [0.05, 0.1) is 10.6 Å². The first kappa shape index (κ1) is 30.2. The van der Waals surface area contributed by atoms with E-state index in [4.69, 9.17) is 11.6 Å². The molecule has 0 saturated carbocycles. The predicted molar refractivity (Wildman–Crippen MR) is 156 cm³/mol. The SMILES string of the molecule is CCCNC(=O)C(CC)N(Cc1ccccc1Cl)C(=O)CN(c1cc(C)ccc1C)S(=O)(=O)c1ccccc1. The molecule has 0 aromatic heterocycles. The van der Waals surface area contributed by atoms with Crippen LogP contribution in [0.1, 0.15) is 43.4 Å². The van der Waals surface area contributed by atoms with Crippen LogP contribution < -0.4 is 9.62 Å². The zero-order valence-corrected chi connectivity index (χ0v) is 24.4. The highest BCUT2D eigenvalue weighted by Gasteiger charge is 2.34. The highest BCUT2D eigenvalue weighted by atomic mass is 35.5. The van der Waals surface area contributed by atoms with Crippen LogP contribution in [0.2, 0.25) is 5.02 Å². The minimum Gasteiger partial charge on any atom is -0.354 e. The van der Waals surface area contributed by atoms with E-state index in [9.17, 15) is 18.0 Å². The standard InChI is InChI=1S/C30H36ClN3O4S/c1-5-18-32-30(36)27(6-2)33(20-24-12-10-11-15-26(24)31)29(35)21-34(28-19-22(3)16-17-23(28)4)39(37,38)25-13-8-7-9-14-25/h7-17,19,27H,5-6,18,20-21H2,1-4H3,(H,32,36). The number of nitrogens with one attached hydrogen (secondary N) is 1. The van der Waals surface area contributed by atoms with Gasteiger partial charge in [0, 0.05) is 18.1 Å². The maximum absolute atomic E-state index is 14.1. The molecule has 1 N–H and O–H groups in total. The first-order valence-electron chi connectivity index (χ1n) is 13.1. The minimum absolute atomic E-state index is 0.0581. The van der Waals surface area contributed by atoms with Crippen molar-refractivity contribution in [1.29, 1.82) is 0 Å². The van der Waals surface area contributed by atoms with Gasteiger partial charge in [0.2, 0.25) is 11.8 Å². The molecule has 0 aliphatic rings. The van der Waals surface area contributed by atoms with Crippen molar-refractivity contribution < 1.29 is 18.0 Å². The van der Waals surface area contributed by atoms with Crippen LogP contribution in [0.15, 0.2) is 77.7 Å². The molecule has 0 fully saturated rings. The molecular weight excluding hydrogens is 534 g/mol. The van der Waals surface area contributed by atoms with Crippen LogP contribution in [0, 0.1) is 13.8 Å². The summed E-state index contributed by atoms with van der Waals surface area (Å²) in [6.07, 6.45) is 1.09. The third-order valence-electron chi connectivity index (χ3n) is 6.48. The quantitative estimate of drug-likeness (QED) is 0.313. The second-order valence-electron chi connectivity index (χ2n) is 9.44. The van der Waals surface area contributed by atoms with Crippen molar-refractivity contribution in [2.45, 2.75) is 58.0 Å². The zero-order chi connectivity index (χ0) is 28.6. The van der Waals surface area contributed by atoms with Crippen LogP contribution in [0.3, 0.4) is 0 Å². The molecular formula is C30H36ClN3O4S. The topological polar surface area (TPSA) is 86.8 Å². The Morgan fingerprint density at radius 3 is 2.26 bits per heavy atom. The summed E-state index contributed by atoms with van der Waals surface area (Å²) in [7, 11) is -4.11. The van der Waals surface area contributed by atoms with Crippen molar-refractivity contribution in [2.75, 3.05) is 17.4 Å². The molecule has 0 saturated heterocycles. The summed E-state index contributed by atoms with van der Waals surface area (Å²) in [5.74, 6) is -0.794. The molecule has 2 amide bonds. The number of hydrogen-bond acceptors (Lipinski definition) is 4. The van der Waals surface area contributed by atoms with Gasteiger partial charge in [0.1, 0.15) is 12.6 Å². The lowest BCUT2D eigenvalue weighted by atomic mass is 10.1. The molecule has 3 rings (SSSR count). The molecule has 0 aliphatic carbocycles. The zero-order valence-electron chi connectivity index (χ0n) is 22.9. The van der Waals surface area contributed by atoms with Gasteiger partial charge in [-0.2, -0.15) is 0 Å². The second-order valence-corrected chi connectivity index (χ2v) is 11.7. The van der Waals surface area contributed by atoms with E-state index in [0.29, 0.717) is 34.8 Å². The van der Waals surface area contributed by atoms with Gasteiger partial charge < -0.3 is 10.2 Å². The van der Waals surface area contributed by atoms with Crippen molar-refractivity contribution in [1.82, 2.24) is 10.2 Å². The van der Waals surface area contributed by atoms with Gasteiger partial charge in [0.15, 0.2) is 0 Å². The third-order valence-corrected chi connectivity index (χ3v) is 8.62. The highest BCUT2D eigenvalue weighted by Crippen LogP contribution is 2.29. The molecule has 9 heteroatoms. The number of sulfonamides is 1. The molecule has 1 unspecified atom stereocenters. The van der Waals surface area contributed by atoms with E-state index >= 15 is 0 Å². The number of rotatable bonds is 12. The number of nitrogens with zero attached hydrogens (tertiary/aromatic N) is 2. The molecule has 3 aromatic carbocycles. The Hall–Kier alpha value is -3.36. The fourth-order valence-electron chi connectivity index (χ4n) is 4.32. The number of hydrogen-bond donors (Lipinski definition) is 1. The smallest absolute Gasteiger partial charge is 0.264 e. The van der Waals surface area contributed by atoms with Crippen LogP contribution >= 0.6 is 11.6 Å². The van der Waals surface area contributed by atoms with Gasteiger partial charge >= 0.3 is 0 Å². The first-order valence-corrected chi connectivity index (χ1v) is 14.9. The lowest BCUT2D eigenvalue weighted by molar-refractivity contribution is -0.140. The normalized spacial score (nSPS) is 12.0. The van der Waals surface area contributed by atoms with Gasteiger partial charge in [-0.05, 0) is 67.6 Å². The Labute approximate surface area is 236 Å². The Bertz CT molecular complexity index is 1400. The summed E-state index contributed by atoms with van der Waals surface area (Å²) in [6, 6.07) is 19.8. The van der Waals surface area contributed by atoms with E-state index in [1.165, 1.54) is 17.0 Å². The molecule has 0 aliphatic heterocycles. The van der Waals surface area contributed by atoms with E-state index in [1.54, 1.807) is 49.4 Å². The number of amides is 2. The monoisotopic (exact) mass is 569 g/mol. The number of benzene rings is 3. The van der Waals surface area contributed by atoms with E-state index in [1.807, 2.05) is 39.0 Å². The molecule has 0 spiro atoms. The Morgan fingerprint density at radius 1 is 0.949 bits per heavy atom. The van der Waals surface area contributed by atoms with Crippen LogP contribution in [0.5, 0.6) is 0 Å². The van der Waals surface area contributed by atoms with Crippen molar-refractivity contribution in [3.8, 4) is 0 Å². The van der Waals surface area contributed by atoms with Crippen LogP contribution in [-0.2, 0) is 26.2 Å². The number of carbonyl (C=O) groups is 2. The van der Waals surface area contributed by atoms with Crippen LogP contribution in [0.25, 0.3) is 0 Å². The number of carbonyl (C=O) groups excluding carboxylic acids is 2. The molecule has 1 atom stereocenters. The van der Waals surface area contributed by atoms with E-state index in [0.717, 1.165) is 16.3 Å². The minimum atomic E-state index is -4.11. The molecule has 0 radical (unpaired) electrons. The molecule has 208 valence electrons. The van der Waals surface area contributed by atoms with E-state index in [-0.39, 0.29) is 17.3 Å². The average molecular weight is 570 g/mol. The third kappa shape index (κ3) is 7.40. The van der Waals surface area contributed by atoms with Crippen molar-refractivity contribution in [3.05, 3.63) is 94.5 Å². The lowest BCUT2D eigenvalue weighted by Crippen LogP contribution is -2.52. The summed E-state index contributed by atoms with van der Waals surface area (Å²) >= 11 is 6.43. The molecule has 0 bridgehead atoms. The molecule has 3 aromatic rings. The summed E-state index contributed by atoms with van der Waals surface area (Å²) in [4.78, 5) is 28.8. The van der Waals surface area contributed by atoms with Crippen molar-refractivity contribution >= 4 is 39.1 Å². The van der Waals surface area contributed by atoms with Crippen LogP contribution in [0.4, 0.5) is 5.69 Å². The van der Waals surface area contributed by atoms with Crippen molar-refractivity contribution in [2.24, 2.45) is 0 Å². The Balaban J connectivity index is 2.09. The van der Waals surface area contributed by atoms with Gasteiger partial charge in [-0.25, -0.2) is 8.42 Å². The van der Waals surface area contributed by atoms with E-state index in [2.05, 4.69) is 5.32 Å². The summed E-state index contributed by atoms with van der Waals surface area (Å²) in [6.45, 7) is 7.50. The van der Waals surface area contributed by atoms with Gasteiger partial charge in [-0.15, -0.1) is 0 Å². The van der Waals surface area contributed by atoms with Crippen LogP contribution in [-0.4, -0.2) is 44.3 Å². The van der Waals surface area contributed by atoms with Crippen molar-refractivity contribution in [3.63, 3.8) is 0 Å². The largest absolute Gasteiger partial charge is 0.354 e. The van der Waals surface area contributed by atoms with Gasteiger partial charge in [0.25, 0.3) is 10.0 Å². The van der Waals surface area contributed by atoms with Gasteiger partial charge in [-0.3, -0.25) is 13.9 Å². The average Bonchev–Trinajstić information content (AvgIpc) is 2.93. The highest BCUT2D eigenvalue weighted by molar-refractivity contribution is 7.92. The number of anilines is 1. The fraction of sp³-hybridized carbons (Fsp3) is 0.333. The predicted octanol–water partition coefficient (Wildman–Crippen LogP) is 5.49. The Kier molecular flexibility index (Phi) is 10.5. The second kappa shape index (κ2) is 13.6. The maximum atomic E-state index is 14.1. The summed E-state index contributed by atoms with van der Waals surface area (Å²) < 4.78 is 29.0. The summed E-state index contributed by atoms with van der Waals surface area (Å²) in [5.41, 5.74) is 2.64. The number of aryl methyl sites for hydroxylation is 2. The lowest BCUT2D eigenvalue weighted by Gasteiger charge is -2.33. The van der Waals surface area contributed by atoms with E-state index < -0.39 is 28.5 Å². The first-order chi connectivity index (χ1) is 18.6. The fourth-order valence-corrected chi connectivity index (χ4v) is 6.00. The molecule has 39 heavy (non-hydrogen) atoms. The summed E-state index contributed by atoms with van der Waals surface area (Å²) in [5, 5.41) is 3.34. The maximum Gasteiger partial charge on any atom is 0.264 e. The Morgan fingerprint density at radius 2 is 1.62 bits per heavy atom. The molecule has 0 heterocycles. The molecule has 7 nitrogen and oxygen atoms in total. The number of halogens is 1.